The average molecular weight is 271 g/mol. The van der Waals surface area contributed by atoms with E-state index in [9.17, 15) is 19.1 Å². The zero-order valence-corrected chi connectivity index (χ0v) is 10.7. The van der Waals surface area contributed by atoms with Gasteiger partial charge in [0.2, 0.25) is 0 Å². The summed E-state index contributed by atoms with van der Waals surface area (Å²) in [6, 6.07) is 0. The minimum atomic E-state index is -1.84. The van der Waals surface area contributed by atoms with Gasteiger partial charge in [-0.2, -0.15) is 0 Å². The number of hydrogen-bond donors (Lipinski definition) is 1. The Morgan fingerprint density at radius 1 is 1.37 bits per heavy atom. The average Bonchev–Trinajstić information content (AvgIpc) is 2.70. The Kier molecular flexibility index (Phi) is 3.52. The van der Waals surface area contributed by atoms with Gasteiger partial charge in [0.25, 0.3) is 0 Å². The standard InChI is InChI=1S/C13H18FNO4/c1-2-7-19-11(18)15-8-12(10(16)17)5-3-4-6-13(12,14)9-15/h2H,1,3-9H2,(H,16,17)/t12-,13-/m0/s1. The number of amides is 1. The summed E-state index contributed by atoms with van der Waals surface area (Å²) in [5, 5.41) is 9.41. The predicted octanol–water partition coefficient (Wildman–Crippen LogP) is 1.98. The summed E-state index contributed by atoms with van der Waals surface area (Å²) in [5.41, 5.74) is -3.32. The van der Waals surface area contributed by atoms with Gasteiger partial charge in [-0.25, -0.2) is 9.18 Å². The van der Waals surface area contributed by atoms with Gasteiger partial charge in [0.05, 0.1) is 6.54 Å². The summed E-state index contributed by atoms with van der Waals surface area (Å²) in [6.07, 6.45) is 2.52. The fraction of sp³-hybridized carbons (Fsp3) is 0.692. The normalized spacial score (nSPS) is 33.6. The molecule has 1 aliphatic heterocycles. The van der Waals surface area contributed by atoms with Crippen molar-refractivity contribution in [3.63, 3.8) is 0 Å². The molecular formula is C13H18FNO4. The highest BCUT2D eigenvalue weighted by atomic mass is 19.1. The van der Waals surface area contributed by atoms with Gasteiger partial charge < -0.3 is 14.7 Å². The lowest BCUT2D eigenvalue weighted by Crippen LogP contribution is -2.51. The second-order valence-electron chi connectivity index (χ2n) is 5.28. The lowest BCUT2D eigenvalue weighted by Gasteiger charge is -2.39. The second kappa shape index (κ2) is 4.83. The molecule has 0 spiro atoms. The van der Waals surface area contributed by atoms with Gasteiger partial charge in [-0.05, 0) is 12.8 Å². The molecule has 0 aromatic carbocycles. The van der Waals surface area contributed by atoms with E-state index in [0.717, 1.165) is 0 Å². The van der Waals surface area contributed by atoms with Crippen LogP contribution >= 0.6 is 0 Å². The number of carboxylic acids is 1. The van der Waals surface area contributed by atoms with Gasteiger partial charge >= 0.3 is 12.1 Å². The topological polar surface area (TPSA) is 66.8 Å². The van der Waals surface area contributed by atoms with Crippen LogP contribution in [0.4, 0.5) is 9.18 Å². The molecule has 2 fully saturated rings. The number of likely N-dealkylation sites (tertiary alicyclic amines) is 1. The molecule has 1 saturated carbocycles. The van der Waals surface area contributed by atoms with Crippen LogP contribution in [0.3, 0.4) is 0 Å². The molecule has 1 aliphatic carbocycles. The smallest absolute Gasteiger partial charge is 0.410 e. The van der Waals surface area contributed by atoms with Gasteiger partial charge in [0.15, 0.2) is 0 Å². The van der Waals surface area contributed by atoms with E-state index in [1.165, 1.54) is 11.0 Å². The number of hydrogen-bond acceptors (Lipinski definition) is 3. The van der Waals surface area contributed by atoms with Gasteiger partial charge in [-0.3, -0.25) is 4.79 Å². The van der Waals surface area contributed by atoms with E-state index in [1.54, 1.807) is 0 Å². The Labute approximate surface area is 111 Å². The first-order valence-corrected chi connectivity index (χ1v) is 6.40. The number of carbonyl (C=O) groups is 2. The highest BCUT2D eigenvalue weighted by Crippen LogP contribution is 2.52. The fourth-order valence-corrected chi connectivity index (χ4v) is 3.15. The number of nitrogens with zero attached hydrogens (tertiary/aromatic N) is 1. The van der Waals surface area contributed by atoms with Gasteiger partial charge in [-0.15, -0.1) is 0 Å². The number of carbonyl (C=O) groups excluding carboxylic acids is 1. The monoisotopic (exact) mass is 271 g/mol. The van der Waals surface area contributed by atoms with Crippen LogP contribution < -0.4 is 0 Å². The minimum Gasteiger partial charge on any atom is -0.481 e. The quantitative estimate of drug-likeness (QED) is 0.797. The number of fused-ring (bicyclic) bond motifs is 1. The van der Waals surface area contributed by atoms with E-state index in [1.807, 2.05) is 0 Å². The van der Waals surface area contributed by atoms with Crippen molar-refractivity contribution in [1.82, 2.24) is 4.90 Å². The predicted molar refractivity (Wildman–Crippen MR) is 65.5 cm³/mol. The van der Waals surface area contributed by atoms with Gasteiger partial charge in [0, 0.05) is 6.54 Å². The molecule has 0 aromatic heterocycles. The van der Waals surface area contributed by atoms with E-state index >= 15 is 0 Å². The van der Waals surface area contributed by atoms with Crippen molar-refractivity contribution in [2.75, 3.05) is 19.7 Å². The van der Waals surface area contributed by atoms with Crippen molar-refractivity contribution >= 4 is 12.1 Å². The first-order valence-electron chi connectivity index (χ1n) is 6.40. The van der Waals surface area contributed by atoms with Crippen LogP contribution in [0.2, 0.25) is 0 Å². The second-order valence-corrected chi connectivity index (χ2v) is 5.28. The van der Waals surface area contributed by atoms with Crippen LogP contribution in [0.25, 0.3) is 0 Å². The van der Waals surface area contributed by atoms with Crippen LogP contribution in [-0.2, 0) is 9.53 Å². The SMILES string of the molecule is C=CCOC(=O)N1C[C@@]2(F)CCCC[C@@]2(C(=O)O)C1. The summed E-state index contributed by atoms with van der Waals surface area (Å²) in [6.45, 7) is 3.14. The molecule has 0 aromatic rings. The van der Waals surface area contributed by atoms with Crippen LogP contribution in [-0.4, -0.2) is 47.4 Å². The fourth-order valence-electron chi connectivity index (χ4n) is 3.15. The van der Waals surface area contributed by atoms with Crippen LogP contribution in [0.5, 0.6) is 0 Å². The first-order chi connectivity index (χ1) is 8.95. The molecule has 19 heavy (non-hydrogen) atoms. The maximum Gasteiger partial charge on any atom is 0.410 e. The summed E-state index contributed by atoms with van der Waals surface area (Å²) in [4.78, 5) is 24.4. The summed E-state index contributed by atoms with van der Waals surface area (Å²) in [5.74, 6) is -1.16. The first kappa shape index (κ1) is 13.8. The lowest BCUT2D eigenvalue weighted by atomic mass is 9.66. The third kappa shape index (κ3) is 2.09. The number of ether oxygens (including phenoxy) is 1. The Balaban J connectivity index is 2.20. The lowest BCUT2D eigenvalue weighted by molar-refractivity contribution is -0.159. The van der Waals surface area contributed by atoms with E-state index in [0.29, 0.717) is 12.8 Å². The molecule has 0 unspecified atom stereocenters. The zero-order chi connectivity index (χ0) is 14.1. The number of rotatable bonds is 3. The van der Waals surface area contributed by atoms with Crippen molar-refractivity contribution in [1.29, 1.82) is 0 Å². The molecule has 0 radical (unpaired) electrons. The Hall–Kier alpha value is -1.59. The Morgan fingerprint density at radius 2 is 2.05 bits per heavy atom. The molecule has 5 nitrogen and oxygen atoms in total. The number of aliphatic carboxylic acids is 1. The van der Waals surface area contributed by atoms with Crippen molar-refractivity contribution in [3.8, 4) is 0 Å². The molecule has 1 N–H and O–H groups in total. The molecule has 6 heteroatoms. The molecule has 1 heterocycles. The van der Waals surface area contributed by atoms with Crippen molar-refractivity contribution in [3.05, 3.63) is 12.7 Å². The van der Waals surface area contributed by atoms with Crippen molar-refractivity contribution < 1.29 is 23.8 Å². The van der Waals surface area contributed by atoms with E-state index in [4.69, 9.17) is 4.74 Å². The molecule has 2 atom stereocenters. The minimum absolute atomic E-state index is 0.0364. The number of alkyl halides is 1. The van der Waals surface area contributed by atoms with E-state index in [-0.39, 0.29) is 32.5 Å². The van der Waals surface area contributed by atoms with Crippen molar-refractivity contribution in [2.45, 2.75) is 31.4 Å². The third-order valence-corrected chi connectivity index (χ3v) is 4.18. The maximum absolute atomic E-state index is 14.9. The van der Waals surface area contributed by atoms with Crippen LogP contribution in [0, 0.1) is 5.41 Å². The Bertz CT molecular complexity index is 413. The number of halogens is 1. The molecular weight excluding hydrogens is 253 g/mol. The largest absolute Gasteiger partial charge is 0.481 e. The third-order valence-electron chi connectivity index (χ3n) is 4.18. The van der Waals surface area contributed by atoms with Crippen molar-refractivity contribution in [2.24, 2.45) is 5.41 Å². The zero-order valence-electron chi connectivity index (χ0n) is 10.7. The van der Waals surface area contributed by atoms with Gasteiger partial charge in [0.1, 0.15) is 17.7 Å². The summed E-state index contributed by atoms with van der Waals surface area (Å²) >= 11 is 0. The van der Waals surface area contributed by atoms with E-state index in [2.05, 4.69) is 6.58 Å². The van der Waals surface area contributed by atoms with Gasteiger partial charge in [-0.1, -0.05) is 25.5 Å². The molecule has 106 valence electrons. The molecule has 0 bridgehead atoms. The highest BCUT2D eigenvalue weighted by molar-refractivity contribution is 5.80. The molecule has 1 saturated heterocycles. The number of carboxylic acid groups (broad SMARTS) is 1. The summed E-state index contributed by atoms with van der Waals surface area (Å²) in [7, 11) is 0. The van der Waals surface area contributed by atoms with Crippen LogP contribution in [0.15, 0.2) is 12.7 Å². The molecule has 1 amide bonds. The van der Waals surface area contributed by atoms with Crippen LogP contribution in [0.1, 0.15) is 25.7 Å². The highest BCUT2D eigenvalue weighted by Gasteiger charge is 2.65. The maximum atomic E-state index is 14.9. The summed E-state index contributed by atoms with van der Waals surface area (Å²) < 4.78 is 19.8. The molecule has 2 aliphatic rings. The molecule has 2 rings (SSSR count). The van der Waals surface area contributed by atoms with E-state index < -0.39 is 23.1 Å². The Morgan fingerprint density at radius 3 is 2.63 bits per heavy atom.